The van der Waals surface area contributed by atoms with Gasteiger partial charge in [-0.1, -0.05) is 0 Å². The van der Waals surface area contributed by atoms with Gasteiger partial charge in [0, 0.05) is 25.2 Å². The number of nitrogens with one attached hydrogen (secondary N) is 1. The van der Waals surface area contributed by atoms with Crippen LogP contribution in [0, 0.1) is 0 Å². The molecule has 0 amide bonds. The fraction of sp³-hybridized carbons (Fsp3) is 0.364. The van der Waals surface area contributed by atoms with E-state index >= 15 is 0 Å². The van der Waals surface area contributed by atoms with E-state index in [2.05, 4.69) is 15.1 Å². The highest BCUT2D eigenvalue weighted by Crippen LogP contribution is 2.24. The minimum atomic E-state index is 0.267. The summed E-state index contributed by atoms with van der Waals surface area (Å²) in [4.78, 5) is 2.19. The van der Waals surface area contributed by atoms with Gasteiger partial charge >= 0.3 is 0 Å². The number of aromatic amines is 1. The van der Waals surface area contributed by atoms with Crippen LogP contribution in [0.1, 0.15) is 6.42 Å². The first-order valence-corrected chi connectivity index (χ1v) is 5.43. The molecule has 0 aromatic carbocycles. The molecule has 16 heavy (non-hydrogen) atoms. The minimum absolute atomic E-state index is 0.267. The van der Waals surface area contributed by atoms with Gasteiger partial charge in [0.15, 0.2) is 11.6 Å². The summed E-state index contributed by atoms with van der Waals surface area (Å²) in [7, 11) is 0. The molecule has 5 heteroatoms. The third-order valence-corrected chi connectivity index (χ3v) is 2.90. The lowest BCUT2D eigenvalue weighted by molar-refractivity contribution is 0.580. The smallest absolute Gasteiger partial charge is 0.151 e. The Balaban J connectivity index is 1.83. The number of rotatable bonds is 2. The highest BCUT2D eigenvalue weighted by atomic mass is 16.3. The van der Waals surface area contributed by atoms with Gasteiger partial charge in [-0.2, -0.15) is 5.10 Å². The molecule has 3 rings (SSSR count). The van der Waals surface area contributed by atoms with Crippen molar-refractivity contribution in [1.82, 2.24) is 10.2 Å². The maximum atomic E-state index is 5.87. The summed E-state index contributed by atoms with van der Waals surface area (Å²) in [6, 6.07) is 6.04. The zero-order chi connectivity index (χ0) is 11.0. The van der Waals surface area contributed by atoms with E-state index < -0.39 is 0 Å². The molecule has 0 bridgehead atoms. The molecule has 0 saturated carbocycles. The third-order valence-electron chi connectivity index (χ3n) is 2.90. The molecule has 0 radical (unpaired) electrons. The summed E-state index contributed by atoms with van der Waals surface area (Å²) in [6.45, 7) is 1.85. The second-order valence-corrected chi connectivity index (χ2v) is 4.11. The van der Waals surface area contributed by atoms with Crippen LogP contribution in [0.2, 0.25) is 0 Å². The van der Waals surface area contributed by atoms with Crippen LogP contribution in [0.3, 0.4) is 0 Å². The van der Waals surface area contributed by atoms with Crippen LogP contribution in [-0.2, 0) is 0 Å². The summed E-state index contributed by atoms with van der Waals surface area (Å²) in [5, 5.41) is 7.25. The van der Waals surface area contributed by atoms with Crippen molar-refractivity contribution in [3.05, 3.63) is 24.5 Å². The third kappa shape index (κ3) is 1.59. The van der Waals surface area contributed by atoms with Gasteiger partial charge in [0.25, 0.3) is 0 Å². The molecule has 2 aromatic rings. The van der Waals surface area contributed by atoms with E-state index in [0.717, 1.165) is 36.8 Å². The predicted octanol–water partition coefficient (Wildman–Crippen LogP) is 1.21. The van der Waals surface area contributed by atoms with Gasteiger partial charge in [0.1, 0.15) is 5.69 Å². The lowest BCUT2D eigenvalue weighted by Crippen LogP contribution is -2.26. The van der Waals surface area contributed by atoms with Crippen LogP contribution in [0.4, 0.5) is 5.82 Å². The van der Waals surface area contributed by atoms with Crippen molar-refractivity contribution in [2.75, 3.05) is 18.0 Å². The maximum Gasteiger partial charge on any atom is 0.151 e. The van der Waals surface area contributed by atoms with Crippen molar-refractivity contribution < 1.29 is 4.42 Å². The SMILES string of the molecule is N[C@@H]1CCN(c2cc(-c3ccco3)[nH]n2)C1. The first-order valence-electron chi connectivity index (χ1n) is 5.43. The Morgan fingerprint density at radius 3 is 3.19 bits per heavy atom. The van der Waals surface area contributed by atoms with Crippen molar-refractivity contribution in [3.63, 3.8) is 0 Å². The Hall–Kier alpha value is -1.75. The molecule has 0 aliphatic carbocycles. The molecule has 1 fully saturated rings. The lowest BCUT2D eigenvalue weighted by Gasteiger charge is -2.13. The molecular weight excluding hydrogens is 204 g/mol. The number of furan rings is 1. The van der Waals surface area contributed by atoms with Gasteiger partial charge in [-0.05, 0) is 18.6 Å². The Morgan fingerprint density at radius 2 is 2.50 bits per heavy atom. The molecule has 84 valence electrons. The Bertz CT molecular complexity index is 462. The standard InChI is InChI=1S/C11H14N4O/c12-8-3-4-15(7-8)11-6-9(13-14-11)10-2-1-5-16-10/h1-2,5-6,8H,3-4,7,12H2,(H,13,14)/t8-/m1/s1. The molecule has 3 heterocycles. The molecule has 1 aliphatic rings. The first-order chi connectivity index (χ1) is 7.83. The van der Waals surface area contributed by atoms with Gasteiger partial charge in [-0.25, -0.2) is 0 Å². The average Bonchev–Trinajstić information content (AvgIpc) is 2.97. The molecule has 0 spiro atoms. The van der Waals surface area contributed by atoms with Gasteiger partial charge in [-0.3, -0.25) is 5.10 Å². The minimum Gasteiger partial charge on any atom is -0.463 e. The number of anilines is 1. The Kier molecular flexibility index (Phi) is 2.18. The van der Waals surface area contributed by atoms with Gasteiger partial charge in [0.05, 0.1) is 6.26 Å². The molecule has 1 aliphatic heterocycles. The molecule has 0 unspecified atom stereocenters. The quantitative estimate of drug-likeness (QED) is 0.794. The molecule has 2 aromatic heterocycles. The van der Waals surface area contributed by atoms with Gasteiger partial charge < -0.3 is 15.1 Å². The van der Waals surface area contributed by atoms with Crippen molar-refractivity contribution in [3.8, 4) is 11.5 Å². The van der Waals surface area contributed by atoms with Crippen LogP contribution < -0.4 is 10.6 Å². The summed E-state index contributed by atoms with van der Waals surface area (Å²) in [5.41, 5.74) is 6.77. The topological polar surface area (TPSA) is 71.1 Å². The van der Waals surface area contributed by atoms with E-state index in [1.165, 1.54) is 0 Å². The average molecular weight is 218 g/mol. The van der Waals surface area contributed by atoms with E-state index in [4.69, 9.17) is 10.2 Å². The van der Waals surface area contributed by atoms with Gasteiger partial charge in [0.2, 0.25) is 0 Å². The number of hydrogen-bond acceptors (Lipinski definition) is 4. The van der Waals surface area contributed by atoms with Gasteiger partial charge in [-0.15, -0.1) is 0 Å². The largest absolute Gasteiger partial charge is 0.463 e. The van der Waals surface area contributed by atoms with Crippen molar-refractivity contribution in [2.24, 2.45) is 5.73 Å². The molecule has 1 atom stereocenters. The highest BCUT2D eigenvalue weighted by Gasteiger charge is 2.21. The highest BCUT2D eigenvalue weighted by molar-refractivity contribution is 5.58. The van der Waals surface area contributed by atoms with E-state index in [0.29, 0.717) is 0 Å². The monoisotopic (exact) mass is 218 g/mol. The van der Waals surface area contributed by atoms with Crippen LogP contribution in [0.25, 0.3) is 11.5 Å². The van der Waals surface area contributed by atoms with Crippen LogP contribution in [0.5, 0.6) is 0 Å². The Labute approximate surface area is 93.2 Å². The second-order valence-electron chi connectivity index (χ2n) is 4.11. The lowest BCUT2D eigenvalue weighted by atomic mass is 10.3. The van der Waals surface area contributed by atoms with E-state index in [1.807, 2.05) is 18.2 Å². The fourth-order valence-corrected chi connectivity index (χ4v) is 2.03. The summed E-state index contributed by atoms with van der Waals surface area (Å²) >= 11 is 0. The van der Waals surface area contributed by atoms with E-state index in [-0.39, 0.29) is 6.04 Å². The summed E-state index contributed by atoms with van der Waals surface area (Å²) in [6.07, 6.45) is 2.69. The second kappa shape index (κ2) is 3.68. The zero-order valence-corrected chi connectivity index (χ0v) is 8.89. The normalized spacial score (nSPS) is 20.6. The van der Waals surface area contributed by atoms with Crippen molar-refractivity contribution in [1.29, 1.82) is 0 Å². The van der Waals surface area contributed by atoms with Crippen LogP contribution in [0.15, 0.2) is 28.9 Å². The number of nitrogens with two attached hydrogens (primary N) is 1. The number of H-pyrrole nitrogens is 1. The number of nitrogens with zero attached hydrogens (tertiary/aromatic N) is 2. The number of hydrogen-bond donors (Lipinski definition) is 2. The molecule has 1 saturated heterocycles. The van der Waals surface area contributed by atoms with Crippen LogP contribution in [-0.4, -0.2) is 29.3 Å². The zero-order valence-electron chi connectivity index (χ0n) is 8.89. The summed E-state index contributed by atoms with van der Waals surface area (Å²) in [5.74, 6) is 1.75. The maximum absolute atomic E-state index is 5.87. The summed E-state index contributed by atoms with van der Waals surface area (Å²) < 4.78 is 5.30. The van der Waals surface area contributed by atoms with E-state index in [9.17, 15) is 0 Å². The molecular formula is C11H14N4O. The van der Waals surface area contributed by atoms with Crippen LogP contribution >= 0.6 is 0 Å². The molecule has 3 N–H and O–H groups in total. The predicted molar refractivity (Wildman–Crippen MR) is 61.1 cm³/mol. The molecule has 5 nitrogen and oxygen atoms in total. The first kappa shape index (κ1) is 9.47. The van der Waals surface area contributed by atoms with Crippen molar-refractivity contribution in [2.45, 2.75) is 12.5 Å². The Morgan fingerprint density at radius 1 is 1.56 bits per heavy atom. The van der Waals surface area contributed by atoms with Crippen molar-refractivity contribution >= 4 is 5.82 Å². The van der Waals surface area contributed by atoms with E-state index in [1.54, 1.807) is 6.26 Å². The fourth-order valence-electron chi connectivity index (χ4n) is 2.03. The number of aromatic nitrogens is 2.